The van der Waals surface area contributed by atoms with Gasteiger partial charge >= 0.3 is 0 Å². The summed E-state index contributed by atoms with van der Waals surface area (Å²) in [5.41, 5.74) is 5.70. The molecule has 2 heterocycles. The molecule has 1 aromatic heterocycles. The summed E-state index contributed by atoms with van der Waals surface area (Å²) in [6, 6.07) is 1.66. The van der Waals surface area contributed by atoms with Crippen molar-refractivity contribution in [3.63, 3.8) is 0 Å². The summed E-state index contributed by atoms with van der Waals surface area (Å²) >= 11 is 1.25. The minimum atomic E-state index is -1.65. The molecule has 20 heavy (non-hydrogen) atoms. The standard InChI is InChI=1S/C12H8F3N3OS/c13-6-2-1-5(9(14)10(6)15)11(19)18-3-7-8(4-18)20-12(16)17-7/h1-2H,3-4H2,(H2,16,17). The summed E-state index contributed by atoms with van der Waals surface area (Å²) in [4.78, 5) is 18.3. The molecule has 4 nitrogen and oxygen atoms in total. The predicted molar refractivity (Wildman–Crippen MR) is 66.4 cm³/mol. The average molecular weight is 299 g/mol. The number of nitrogens with zero attached hydrogens (tertiary/aromatic N) is 2. The van der Waals surface area contributed by atoms with Crippen LogP contribution in [0.25, 0.3) is 0 Å². The first-order valence-corrected chi connectivity index (χ1v) is 6.46. The third-order valence-corrected chi connectivity index (χ3v) is 3.93. The van der Waals surface area contributed by atoms with Gasteiger partial charge in [-0.1, -0.05) is 0 Å². The van der Waals surface area contributed by atoms with Crippen LogP contribution in [0.2, 0.25) is 0 Å². The van der Waals surface area contributed by atoms with Gasteiger partial charge < -0.3 is 10.6 Å². The Hall–Kier alpha value is -2.09. The molecule has 0 bridgehead atoms. The lowest BCUT2D eigenvalue weighted by Crippen LogP contribution is -2.27. The van der Waals surface area contributed by atoms with E-state index in [9.17, 15) is 18.0 Å². The lowest BCUT2D eigenvalue weighted by Gasteiger charge is -2.16. The van der Waals surface area contributed by atoms with Crippen LogP contribution in [0.3, 0.4) is 0 Å². The summed E-state index contributed by atoms with van der Waals surface area (Å²) in [6.45, 7) is 0.418. The molecule has 104 valence electrons. The monoisotopic (exact) mass is 299 g/mol. The quantitative estimate of drug-likeness (QED) is 0.822. The molecule has 0 spiro atoms. The molecule has 0 saturated heterocycles. The van der Waals surface area contributed by atoms with E-state index in [1.165, 1.54) is 16.2 Å². The Kier molecular flexibility index (Phi) is 2.89. The molecule has 0 atom stereocenters. The fourth-order valence-corrected chi connectivity index (χ4v) is 2.92. The van der Waals surface area contributed by atoms with Gasteiger partial charge in [0.05, 0.1) is 29.2 Å². The number of benzene rings is 1. The number of thiazole rings is 1. The van der Waals surface area contributed by atoms with Crippen molar-refractivity contribution in [1.29, 1.82) is 0 Å². The molecule has 0 saturated carbocycles. The number of amides is 1. The maximum absolute atomic E-state index is 13.6. The Bertz CT molecular complexity index is 693. The van der Waals surface area contributed by atoms with Crippen molar-refractivity contribution < 1.29 is 18.0 Å². The molecule has 1 aromatic carbocycles. The van der Waals surface area contributed by atoms with Crippen molar-refractivity contribution in [3.8, 4) is 0 Å². The Morgan fingerprint density at radius 1 is 1.25 bits per heavy atom. The first-order valence-electron chi connectivity index (χ1n) is 5.64. The molecule has 8 heteroatoms. The number of anilines is 1. The van der Waals surface area contributed by atoms with Gasteiger partial charge in [-0.25, -0.2) is 18.2 Å². The first-order chi connectivity index (χ1) is 9.47. The number of nitrogen functional groups attached to an aromatic ring is 1. The van der Waals surface area contributed by atoms with Gasteiger partial charge in [0.2, 0.25) is 0 Å². The van der Waals surface area contributed by atoms with Gasteiger partial charge in [0, 0.05) is 0 Å². The number of nitrogens with two attached hydrogens (primary N) is 1. The Morgan fingerprint density at radius 3 is 2.70 bits per heavy atom. The minimum Gasteiger partial charge on any atom is -0.375 e. The zero-order valence-corrected chi connectivity index (χ0v) is 10.8. The number of halogens is 3. The summed E-state index contributed by atoms with van der Waals surface area (Å²) < 4.78 is 39.6. The third-order valence-electron chi connectivity index (χ3n) is 3.02. The number of rotatable bonds is 1. The zero-order chi connectivity index (χ0) is 14.4. The number of hydrogen-bond acceptors (Lipinski definition) is 4. The van der Waals surface area contributed by atoms with Crippen LogP contribution in [0, 0.1) is 17.5 Å². The van der Waals surface area contributed by atoms with E-state index in [1.807, 2.05) is 0 Å². The number of carbonyl (C=O) groups is 1. The van der Waals surface area contributed by atoms with Crippen molar-refractivity contribution in [2.45, 2.75) is 13.1 Å². The Balaban J connectivity index is 1.88. The molecule has 0 unspecified atom stereocenters. The number of carbonyl (C=O) groups excluding carboxylic acids is 1. The summed E-state index contributed by atoms with van der Waals surface area (Å²) in [5.74, 6) is -5.15. The topological polar surface area (TPSA) is 59.2 Å². The van der Waals surface area contributed by atoms with Crippen molar-refractivity contribution in [2.24, 2.45) is 0 Å². The van der Waals surface area contributed by atoms with Gasteiger partial charge in [0.15, 0.2) is 22.6 Å². The van der Waals surface area contributed by atoms with Crippen molar-refractivity contribution in [3.05, 3.63) is 45.7 Å². The van der Waals surface area contributed by atoms with E-state index in [0.29, 0.717) is 10.8 Å². The van der Waals surface area contributed by atoms with Crippen LogP contribution in [0.5, 0.6) is 0 Å². The summed E-state index contributed by atoms with van der Waals surface area (Å²) in [6.07, 6.45) is 0. The lowest BCUT2D eigenvalue weighted by molar-refractivity contribution is 0.0745. The molecule has 2 aromatic rings. The third kappa shape index (κ3) is 1.92. The molecule has 1 aliphatic rings. The van der Waals surface area contributed by atoms with Crippen molar-refractivity contribution in [1.82, 2.24) is 9.88 Å². The van der Waals surface area contributed by atoms with Crippen LogP contribution in [-0.4, -0.2) is 15.8 Å². The minimum absolute atomic E-state index is 0.181. The van der Waals surface area contributed by atoms with Crippen molar-refractivity contribution in [2.75, 3.05) is 5.73 Å². The van der Waals surface area contributed by atoms with Crippen LogP contribution >= 0.6 is 11.3 Å². The maximum atomic E-state index is 13.6. The molecule has 1 aliphatic heterocycles. The van der Waals surface area contributed by atoms with Crippen LogP contribution in [0.4, 0.5) is 18.3 Å². The Morgan fingerprint density at radius 2 is 2.00 bits per heavy atom. The molecule has 3 rings (SSSR count). The highest BCUT2D eigenvalue weighted by atomic mass is 32.1. The molecular weight excluding hydrogens is 291 g/mol. The SMILES string of the molecule is Nc1nc2c(s1)CN(C(=O)c1ccc(F)c(F)c1F)C2. The summed E-state index contributed by atoms with van der Waals surface area (Å²) in [7, 11) is 0. The number of fused-ring (bicyclic) bond motifs is 1. The second-order valence-electron chi connectivity index (χ2n) is 4.31. The van der Waals surface area contributed by atoms with Gasteiger partial charge in [0.25, 0.3) is 5.91 Å². The molecular formula is C12H8F3N3OS. The molecule has 0 aliphatic carbocycles. The van der Waals surface area contributed by atoms with Gasteiger partial charge in [0.1, 0.15) is 0 Å². The first kappa shape index (κ1) is 12.9. The van der Waals surface area contributed by atoms with E-state index < -0.39 is 28.9 Å². The number of hydrogen-bond donors (Lipinski definition) is 1. The van der Waals surface area contributed by atoms with Gasteiger partial charge in [-0.3, -0.25) is 4.79 Å². The van der Waals surface area contributed by atoms with Crippen LogP contribution in [0.1, 0.15) is 20.9 Å². The zero-order valence-electron chi connectivity index (χ0n) is 9.99. The van der Waals surface area contributed by atoms with Crippen LogP contribution in [0.15, 0.2) is 12.1 Å². The van der Waals surface area contributed by atoms with E-state index in [1.54, 1.807) is 0 Å². The number of aromatic nitrogens is 1. The van der Waals surface area contributed by atoms with Crippen LogP contribution < -0.4 is 5.73 Å². The van der Waals surface area contributed by atoms with E-state index in [4.69, 9.17) is 5.73 Å². The summed E-state index contributed by atoms with van der Waals surface area (Å²) in [5, 5.41) is 0.404. The second-order valence-corrected chi connectivity index (χ2v) is 5.42. The van der Waals surface area contributed by atoms with Crippen LogP contribution in [-0.2, 0) is 13.1 Å². The van der Waals surface area contributed by atoms with Gasteiger partial charge in [-0.15, -0.1) is 11.3 Å². The fourth-order valence-electron chi connectivity index (χ4n) is 2.07. The van der Waals surface area contributed by atoms with E-state index >= 15 is 0 Å². The average Bonchev–Trinajstić information content (AvgIpc) is 2.92. The molecule has 2 N–H and O–H groups in total. The molecule has 0 fully saturated rings. The predicted octanol–water partition coefficient (Wildman–Crippen LogP) is 2.30. The van der Waals surface area contributed by atoms with Gasteiger partial charge in [-0.05, 0) is 12.1 Å². The highest BCUT2D eigenvalue weighted by Gasteiger charge is 2.30. The molecule has 0 radical (unpaired) electrons. The van der Waals surface area contributed by atoms with Gasteiger partial charge in [-0.2, -0.15) is 0 Å². The highest BCUT2D eigenvalue weighted by Crippen LogP contribution is 2.30. The maximum Gasteiger partial charge on any atom is 0.257 e. The lowest BCUT2D eigenvalue weighted by atomic mass is 10.1. The Labute approximate surface area is 115 Å². The largest absolute Gasteiger partial charge is 0.375 e. The van der Waals surface area contributed by atoms with E-state index in [2.05, 4.69) is 4.98 Å². The van der Waals surface area contributed by atoms with E-state index in [-0.39, 0.29) is 13.1 Å². The van der Waals surface area contributed by atoms with Crippen molar-refractivity contribution >= 4 is 22.4 Å². The normalized spacial score (nSPS) is 13.7. The van der Waals surface area contributed by atoms with E-state index in [0.717, 1.165) is 17.0 Å². The fraction of sp³-hybridized carbons (Fsp3) is 0.167. The smallest absolute Gasteiger partial charge is 0.257 e. The highest BCUT2D eigenvalue weighted by molar-refractivity contribution is 7.15. The molecule has 1 amide bonds. The second kappa shape index (κ2) is 4.48.